The Bertz CT molecular complexity index is 398. The van der Waals surface area contributed by atoms with E-state index in [9.17, 15) is 4.79 Å². The van der Waals surface area contributed by atoms with Crippen molar-refractivity contribution in [3.63, 3.8) is 0 Å². The standard InChI is InChI=1S/C13H24N4O/c1-5-6-14-7-8-15-13(18)9-12-10(2)16-17(4)11(12)3/h14H,5-9H2,1-4H3,(H,15,18). The molecule has 0 radical (unpaired) electrons. The lowest BCUT2D eigenvalue weighted by Gasteiger charge is -2.06. The van der Waals surface area contributed by atoms with Crippen LogP contribution in [0, 0.1) is 13.8 Å². The van der Waals surface area contributed by atoms with Gasteiger partial charge in [-0.25, -0.2) is 0 Å². The van der Waals surface area contributed by atoms with Gasteiger partial charge < -0.3 is 10.6 Å². The van der Waals surface area contributed by atoms with Gasteiger partial charge in [0, 0.05) is 31.4 Å². The van der Waals surface area contributed by atoms with E-state index in [1.54, 1.807) is 0 Å². The Morgan fingerprint density at radius 3 is 2.56 bits per heavy atom. The highest BCUT2D eigenvalue weighted by Gasteiger charge is 2.12. The van der Waals surface area contributed by atoms with E-state index in [0.717, 1.165) is 36.5 Å². The minimum Gasteiger partial charge on any atom is -0.355 e. The van der Waals surface area contributed by atoms with Gasteiger partial charge in [0.05, 0.1) is 12.1 Å². The van der Waals surface area contributed by atoms with Crippen LogP contribution in [0.25, 0.3) is 0 Å². The monoisotopic (exact) mass is 252 g/mol. The molecule has 0 saturated carbocycles. The number of aryl methyl sites for hydroxylation is 2. The second-order valence-corrected chi connectivity index (χ2v) is 4.55. The van der Waals surface area contributed by atoms with Crippen LogP contribution >= 0.6 is 0 Å². The van der Waals surface area contributed by atoms with Crippen molar-refractivity contribution in [3.8, 4) is 0 Å². The third kappa shape index (κ3) is 4.14. The Hall–Kier alpha value is -1.36. The van der Waals surface area contributed by atoms with Crippen LogP contribution in [0.4, 0.5) is 0 Å². The Labute approximate surface area is 109 Å². The summed E-state index contributed by atoms with van der Waals surface area (Å²) < 4.78 is 1.82. The van der Waals surface area contributed by atoms with Gasteiger partial charge in [-0.15, -0.1) is 0 Å². The summed E-state index contributed by atoms with van der Waals surface area (Å²) in [6.45, 7) is 8.56. The van der Waals surface area contributed by atoms with Crippen molar-refractivity contribution >= 4 is 5.91 Å². The summed E-state index contributed by atoms with van der Waals surface area (Å²) in [6.07, 6.45) is 1.53. The number of carbonyl (C=O) groups is 1. The van der Waals surface area contributed by atoms with Crippen LogP contribution in [0.2, 0.25) is 0 Å². The number of nitrogens with one attached hydrogen (secondary N) is 2. The molecule has 0 spiro atoms. The largest absolute Gasteiger partial charge is 0.355 e. The summed E-state index contributed by atoms with van der Waals surface area (Å²) in [6, 6.07) is 0. The van der Waals surface area contributed by atoms with Crippen molar-refractivity contribution in [1.82, 2.24) is 20.4 Å². The summed E-state index contributed by atoms with van der Waals surface area (Å²) >= 11 is 0. The van der Waals surface area contributed by atoms with Gasteiger partial charge in [-0.1, -0.05) is 6.92 Å². The minimum absolute atomic E-state index is 0.0625. The molecule has 0 aliphatic rings. The zero-order valence-electron chi connectivity index (χ0n) is 11.8. The lowest BCUT2D eigenvalue weighted by atomic mass is 10.1. The zero-order chi connectivity index (χ0) is 13.5. The van der Waals surface area contributed by atoms with Gasteiger partial charge in [0.15, 0.2) is 0 Å². The van der Waals surface area contributed by atoms with Crippen LogP contribution in [0.5, 0.6) is 0 Å². The van der Waals surface area contributed by atoms with Gasteiger partial charge in [-0.2, -0.15) is 5.10 Å². The first-order valence-corrected chi connectivity index (χ1v) is 6.52. The predicted molar refractivity (Wildman–Crippen MR) is 72.6 cm³/mol. The van der Waals surface area contributed by atoms with Gasteiger partial charge in [-0.3, -0.25) is 9.48 Å². The van der Waals surface area contributed by atoms with E-state index in [1.165, 1.54) is 0 Å². The van der Waals surface area contributed by atoms with Gasteiger partial charge >= 0.3 is 0 Å². The topological polar surface area (TPSA) is 58.9 Å². The van der Waals surface area contributed by atoms with Gasteiger partial charge in [0.25, 0.3) is 0 Å². The lowest BCUT2D eigenvalue weighted by molar-refractivity contribution is -0.120. The molecule has 0 saturated heterocycles. The van der Waals surface area contributed by atoms with Crippen LogP contribution < -0.4 is 10.6 Å². The number of carbonyl (C=O) groups excluding carboxylic acids is 1. The van der Waals surface area contributed by atoms with Crippen LogP contribution in [0.1, 0.15) is 30.3 Å². The van der Waals surface area contributed by atoms with Crippen molar-refractivity contribution in [2.75, 3.05) is 19.6 Å². The van der Waals surface area contributed by atoms with E-state index in [2.05, 4.69) is 22.7 Å². The summed E-state index contributed by atoms with van der Waals surface area (Å²) in [5.74, 6) is 0.0625. The van der Waals surface area contributed by atoms with E-state index < -0.39 is 0 Å². The third-order valence-corrected chi connectivity index (χ3v) is 3.05. The lowest BCUT2D eigenvalue weighted by Crippen LogP contribution is -2.33. The van der Waals surface area contributed by atoms with E-state index in [4.69, 9.17) is 0 Å². The fourth-order valence-corrected chi connectivity index (χ4v) is 1.89. The molecular formula is C13H24N4O. The summed E-state index contributed by atoms with van der Waals surface area (Å²) in [5, 5.41) is 10.5. The highest BCUT2D eigenvalue weighted by atomic mass is 16.1. The molecule has 18 heavy (non-hydrogen) atoms. The number of nitrogens with zero attached hydrogens (tertiary/aromatic N) is 2. The molecule has 0 fully saturated rings. The van der Waals surface area contributed by atoms with Gasteiger partial charge in [0.1, 0.15) is 0 Å². The SMILES string of the molecule is CCCNCCNC(=O)Cc1c(C)nn(C)c1C. The Kier molecular flexibility index (Phi) is 5.85. The fraction of sp³-hybridized carbons (Fsp3) is 0.692. The highest BCUT2D eigenvalue weighted by Crippen LogP contribution is 2.12. The molecule has 5 heteroatoms. The first-order valence-electron chi connectivity index (χ1n) is 6.52. The molecule has 2 N–H and O–H groups in total. The van der Waals surface area contributed by atoms with Crippen LogP contribution in [0.3, 0.4) is 0 Å². The van der Waals surface area contributed by atoms with Gasteiger partial charge in [0.2, 0.25) is 5.91 Å². The molecule has 0 aromatic carbocycles. The van der Waals surface area contributed by atoms with Crippen molar-refractivity contribution < 1.29 is 4.79 Å². The molecule has 102 valence electrons. The molecule has 0 aliphatic carbocycles. The van der Waals surface area contributed by atoms with E-state index in [1.807, 2.05) is 25.6 Å². The number of hydrogen-bond acceptors (Lipinski definition) is 3. The van der Waals surface area contributed by atoms with Crippen molar-refractivity contribution in [2.45, 2.75) is 33.6 Å². The van der Waals surface area contributed by atoms with Crippen molar-refractivity contribution in [3.05, 3.63) is 17.0 Å². The molecule has 1 aromatic heterocycles. The molecule has 1 rings (SSSR count). The smallest absolute Gasteiger partial charge is 0.224 e. The molecule has 1 amide bonds. The van der Waals surface area contributed by atoms with Crippen molar-refractivity contribution in [1.29, 1.82) is 0 Å². The normalized spacial score (nSPS) is 10.7. The fourth-order valence-electron chi connectivity index (χ4n) is 1.89. The number of rotatable bonds is 7. The summed E-state index contributed by atoms with van der Waals surface area (Å²) in [5.41, 5.74) is 3.04. The first kappa shape index (κ1) is 14.7. The molecule has 1 heterocycles. The third-order valence-electron chi connectivity index (χ3n) is 3.05. The quantitative estimate of drug-likeness (QED) is 0.702. The number of aromatic nitrogens is 2. The summed E-state index contributed by atoms with van der Waals surface area (Å²) in [7, 11) is 1.90. The Morgan fingerprint density at radius 2 is 2.00 bits per heavy atom. The van der Waals surface area contributed by atoms with Crippen LogP contribution in [-0.2, 0) is 18.3 Å². The average Bonchev–Trinajstić information content (AvgIpc) is 2.56. The maximum absolute atomic E-state index is 11.8. The van der Waals surface area contributed by atoms with Crippen molar-refractivity contribution in [2.24, 2.45) is 7.05 Å². The summed E-state index contributed by atoms with van der Waals surface area (Å²) in [4.78, 5) is 11.8. The van der Waals surface area contributed by atoms with Crippen LogP contribution in [0.15, 0.2) is 0 Å². The molecule has 1 aromatic rings. The maximum Gasteiger partial charge on any atom is 0.224 e. The average molecular weight is 252 g/mol. The minimum atomic E-state index is 0.0625. The molecule has 0 atom stereocenters. The van der Waals surface area contributed by atoms with Gasteiger partial charge in [-0.05, 0) is 26.8 Å². The maximum atomic E-state index is 11.8. The first-order chi connectivity index (χ1) is 8.56. The molecule has 0 unspecified atom stereocenters. The van der Waals surface area contributed by atoms with E-state index >= 15 is 0 Å². The number of amides is 1. The Balaban J connectivity index is 2.36. The molecular weight excluding hydrogens is 228 g/mol. The van der Waals surface area contributed by atoms with Crippen LogP contribution in [-0.4, -0.2) is 35.3 Å². The predicted octanol–water partition coefficient (Wildman–Crippen LogP) is 0.695. The van der Waals surface area contributed by atoms with E-state index in [0.29, 0.717) is 13.0 Å². The molecule has 0 aliphatic heterocycles. The zero-order valence-corrected chi connectivity index (χ0v) is 11.8. The molecule has 5 nitrogen and oxygen atoms in total. The highest BCUT2D eigenvalue weighted by molar-refractivity contribution is 5.79. The molecule has 0 bridgehead atoms. The second-order valence-electron chi connectivity index (χ2n) is 4.55. The Morgan fingerprint density at radius 1 is 1.28 bits per heavy atom. The number of hydrogen-bond donors (Lipinski definition) is 2. The van der Waals surface area contributed by atoms with E-state index in [-0.39, 0.29) is 5.91 Å². The second kappa shape index (κ2) is 7.16.